The lowest BCUT2D eigenvalue weighted by Crippen LogP contribution is -2.47. The number of benzene rings is 1. The number of rotatable bonds is 9. The van der Waals surface area contributed by atoms with Crippen molar-refractivity contribution in [2.24, 2.45) is 0 Å². The summed E-state index contributed by atoms with van der Waals surface area (Å²) in [5, 5.41) is 5.63. The first-order valence-corrected chi connectivity index (χ1v) is 9.39. The summed E-state index contributed by atoms with van der Waals surface area (Å²) >= 11 is 0. The second-order valence-corrected chi connectivity index (χ2v) is 6.93. The van der Waals surface area contributed by atoms with Crippen molar-refractivity contribution >= 4 is 17.8 Å². The molecule has 1 aromatic carbocycles. The van der Waals surface area contributed by atoms with Gasteiger partial charge in [0.05, 0.1) is 0 Å². The van der Waals surface area contributed by atoms with Crippen LogP contribution in [-0.4, -0.2) is 41.4 Å². The smallest absolute Gasteiger partial charge is 0.325 e. The van der Waals surface area contributed by atoms with Crippen LogP contribution in [-0.2, 0) is 16.0 Å². The Morgan fingerprint density at radius 2 is 1.81 bits per heavy atom. The molecule has 0 bridgehead atoms. The van der Waals surface area contributed by atoms with E-state index in [1.54, 1.807) is 0 Å². The van der Waals surface area contributed by atoms with Crippen molar-refractivity contribution in [3.8, 4) is 0 Å². The Morgan fingerprint density at radius 3 is 2.42 bits per heavy atom. The summed E-state index contributed by atoms with van der Waals surface area (Å²) in [5.74, 6) is -0.592. The molecule has 0 unspecified atom stereocenters. The van der Waals surface area contributed by atoms with Crippen molar-refractivity contribution < 1.29 is 14.4 Å². The Morgan fingerprint density at radius 1 is 1.15 bits per heavy atom. The first-order valence-electron chi connectivity index (χ1n) is 9.39. The zero-order valence-corrected chi connectivity index (χ0v) is 15.9. The molecule has 0 saturated carbocycles. The third-order valence-corrected chi connectivity index (χ3v) is 4.88. The van der Waals surface area contributed by atoms with Gasteiger partial charge in [-0.2, -0.15) is 0 Å². The third kappa shape index (κ3) is 4.42. The molecule has 0 aromatic heterocycles. The molecule has 0 spiro atoms. The van der Waals surface area contributed by atoms with Crippen molar-refractivity contribution in [2.45, 2.75) is 58.4 Å². The van der Waals surface area contributed by atoms with E-state index in [2.05, 4.69) is 10.6 Å². The molecule has 1 heterocycles. The second-order valence-electron chi connectivity index (χ2n) is 6.93. The van der Waals surface area contributed by atoms with Gasteiger partial charge in [-0.25, -0.2) is 4.79 Å². The lowest BCUT2D eigenvalue weighted by Gasteiger charge is -2.25. The lowest BCUT2D eigenvalue weighted by atomic mass is 9.88. The van der Waals surface area contributed by atoms with Crippen LogP contribution in [0.3, 0.4) is 0 Å². The molecule has 6 nitrogen and oxygen atoms in total. The van der Waals surface area contributed by atoms with Crippen LogP contribution in [0.1, 0.15) is 50.7 Å². The Labute approximate surface area is 155 Å². The summed E-state index contributed by atoms with van der Waals surface area (Å²) in [4.78, 5) is 38.3. The van der Waals surface area contributed by atoms with E-state index in [1.165, 1.54) is 11.1 Å². The van der Waals surface area contributed by atoms with Gasteiger partial charge in [0.1, 0.15) is 12.1 Å². The van der Waals surface area contributed by atoms with E-state index in [-0.39, 0.29) is 18.4 Å². The molecule has 0 aliphatic carbocycles. The minimum Gasteiger partial charge on any atom is -0.354 e. The van der Waals surface area contributed by atoms with E-state index >= 15 is 0 Å². The fourth-order valence-electron chi connectivity index (χ4n) is 3.56. The third-order valence-electron chi connectivity index (χ3n) is 4.88. The van der Waals surface area contributed by atoms with Gasteiger partial charge in [0.2, 0.25) is 5.91 Å². The van der Waals surface area contributed by atoms with Gasteiger partial charge in [-0.1, -0.05) is 51.0 Å². The number of carbonyl (C=O) groups is 3. The Hall–Kier alpha value is -2.37. The summed E-state index contributed by atoms with van der Waals surface area (Å²) in [6, 6.07) is 7.55. The van der Waals surface area contributed by atoms with E-state index in [4.69, 9.17) is 0 Å². The fraction of sp³-hybridized carbons (Fsp3) is 0.550. The summed E-state index contributed by atoms with van der Waals surface area (Å²) in [6.45, 7) is 6.25. The minimum absolute atomic E-state index is 0.229. The first-order chi connectivity index (χ1) is 12.4. The number of nitrogens with zero attached hydrogens (tertiary/aromatic N) is 1. The maximum Gasteiger partial charge on any atom is 0.325 e. The van der Waals surface area contributed by atoms with Gasteiger partial charge in [-0.3, -0.25) is 14.5 Å². The molecular formula is C20H29N3O3. The fourth-order valence-corrected chi connectivity index (χ4v) is 3.56. The quantitative estimate of drug-likeness (QED) is 0.665. The zero-order valence-electron chi connectivity index (χ0n) is 15.9. The molecule has 6 heteroatoms. The van der Waals surface area contributed by atoms with Gasteiger partial charge < -0.3 is 10.6 Å². The van der Waals surface area contributed by atoms with Gasteiger partial charge in [0, 0.05) is 6.54 Å². The zero-order chi connectivity index (χ0) is 19.2. The van der Waals surface area contributed by atoms with E-state index < -0.39 is 11.6 Å². The van der Waals surface area contributed by atoms with Gasteiger partial charge in [-0.15, -0.1) is 0 Å². The lowest BCUT2D eigenvalue weighted by molar-refractivity contribution is -0.135. The molecule has 1 saturated heterocycles. The summed E-state index contributed by atoms with van der Waals surface area (Å²) in [7, 11) is 0. The number of hydrogen-bond donors (Lipinski definition) is 2. The van der Waals surface area contributed by atoms with E-state index in [9.17, 15) is 14.4 Å². The van der Waals surface area contributed by atoms with Crippen LogP contribution >= 0.6 is 0 Å². The summed E-state index contributed by atoms with van der Waals surface area (Å²) in [5.41, 5.74) is 1.51. The van der Waals surface area contributed by atoms with Gasteiger partial charge in [0.25, 0.3) is 5.91 Å². The summed E-state index contributed by atoms with van der Waals surface area (Å²) in [6.07, 6.45) is 3.49. The maximum absolute atomic E-state index is 12.8. The van der Waals surface area contributed by atoms with Crippen LogP contribution in [0.5, 0.6) is 0 Å². The monoisotopic (exact) mass is 359 g/mol. The molecule has 2 rings (SSSR count). The molecule has 1 fully saturated rings. The standard InChI is InChI=1S/C20H29N3O3/c1-4-11-20(12-5-2)18(25)23(19(26)22-20)14-17(24)21-13-10-16-9-7-6-8-15(16)3/h6-9H,4-5,10-14H2,1-3H3,(H,21,24)(H,22,26). The number of nitrogens with one attached hydrogen (secondary N) is 2. The minimum atomic E-state index is -0.845. The van der Waals surface area contributed by atoms with Gasteiger partial charge in [-0.05, 0) is 37.3 Å². The molecule has 1 aliphatic rings. The highest BCUT2D eigenvalue weighted by Gasteiger charge is 2.50. The number of aryl methyl sites for hydroxylation is 1. The molecular weight excluding hydrogens is 330 g/mol. The van der Waals surface area contributed by atoms with Crippen molar-refractivity contribution in [3.05, 3.63) is 35.4 Å². The van der Waals surface area contributed by atoms with Crippen LogP contribution in [0, 0.1) is 6.92 Å². The highest BCUT2D eigenvalue weighted by atomic mass is 16.2. The average molecular weight is 359 g/mol. The number of imide groups is 1. The highest BCUT2D eigenvalue weighted by Crippen LogP contribution is 2.27. The molecule has 26 heavy (non-hydrogen) atoms. The molecule has 0 atom stereocenters. The van der Waals surface area contributed by atoms with Crippen LogP contribution < -0.4 is 10.6 Å². The molecule has 4 amide bonds. The second kappa shape index (κ2) is 8.83. The Kier molecular flexibility index (Phi) is 6.77. The highest BCUT2D eigenvalue weighted by molar-refractivity contribution is 6.09. The van der Waals surface area contributed by atoms with E-state index in [0.717, 1.165) is 17.7 Å². The predicted octanol–water partition coefficient (Wildman–Crippen LogP) is 2.54. The van der Waals surface area contributed by atoms with Crippen LogP contribution in [0.25, 0.3) is 0 Å². The normalized spacial score (nSPS) is 15.9. The average Bonchev–Trinajstić information content (AvgIpc) is 2.82. The van der Waals surface area contributed by atoms with Gasteiger partial charge >= 0.3 is 6.03 Å². The number of urea groups is 1. The van der Waals surface area contributed by atoms with Crippen molar-refractivity contribution in [1.82, 2.24) is 15.5 Å². The molecule has 142 valence electrons. The molecule has 1 aromatic rings. The van der Waals surface area contributed by atoms with Crippen molar-refractivity contribution in [2.75, 3.05) is 13.1 Å². The molecule has 2 N–H and O–H groups in total. The topological polar surface area (TPSA) is 78.5 Å². The maximum atomic E-state index is 12.8. The SMILES string of the molecule is CCCC1(CCC)NC(=O)N(CC(=O)NCCc2ccccc2C)C1=O. The Balaban J connectivity index is 1.91. The predicted molar refractivity (Wildman–Crippen MR) is 101 cm³/mol. The first kappa shape index (κ1) is 19.9. The van der Waals surface area contributed by atoms with Crippen LogP contribution in [0.4, 0.5) is 4.79 Å². The van der Waals surface area contributed by atoms with Gasteiger partial charge in [0.15, 0.2) is 0 Å². The Bertz CT molecular complexity index is 666. The summed E-state index contributed by atoms with van der Waals surface area (Å²) < 4.78 is 0. The van der Waals surface area contributed by atoms with Crippen molar-refractivity contribution in [1.29, 1.82) is 0 Å². The number of hydrogen-bond acceptors (Lipinski definition) is 3. The molecule has 1 aliphatic heterocycles. The van der Waals surface area contributed by atoms with Crippen LogP contribution in [0.15, 0.2) is 24.3 Å². The van der Waals surface area contributed by atoms with Crippen LogP contribution in [0.2, 0.25) is 0 Å². The van der Waals surface area contributed by atoms with E-state index in [1.807, 2.05) is 45.0 Å². The number of amides is 4. The van der Waals surface area contributed by atoms with Crippen molar-refractivity contribution in [3.63, 3.8) is 0 Å². The molecule has 0 radical (unpaired) electrons. The number of carbonyl (C=O) groups excluding carboxylic acids is 3. The van der Waals surface area contributed by atoms with E-state index in [0.29, 0.717) is 25.8 Å². The largest absolute Gasteiger partial charge is 0.354 e.